The van der Waals surface area contributed by atoms with E-state index >= 15 is 0 Å². The molecule has 0 aromatic heterocycles. The molecule has 1 N–H and O–H groups in total. The third-order valence-corrected chi connectivity index (χ3v) is 4.83. The zero-order chi connectivity index (χ0) is 13.5. The smallest absolute Gasteiger partial charge is 0.123 e. The van der Waals surface area contributed by atoms with Gasteiger partial charge in [-0.15, -0.1) is 0 Å². The van der Waals surface area contributed by atoms with Crippen LogP contribution in [-0.4, -0.2) is 31.4 Å². The molecule has 4 heteroatoms. The van der Waals surface area contributed by atoms with Crippen molar-refractivity contribution in [1.29, 1.82) is 0 Å². The van der Waals surface area contributed by atoms with Crippen LogP contribution in [0.1, 0.15) is 24.8 Å². The Morgan fingerprint density at radius 1 is 1.25 bits per heavy atom. The minimum Gasteiger partial charge on any atom is -0.488 e. The average molecular weight is 294 g/mol. The van der Waals surface area contributed by atoms with Crippen molar-refractivity contribution in [2.45, 2.75) is 43.9 Å². The monoisotopic (exact) mass is 293 g/mol. The lowest BCUT2D eigenvalue weighted by Gasteiger charge is -2.21. The zero-order valence-electron chi connectivity index (χ0n) is 11.5. The maximum Gasteiger partial charge on any atom is 0.123 e. The van der Waals surface area contributed by atoms with Gasteiger partial charge >= 0.3 is 0 Å². The molecule has 0 radical (unpaired) electrons. The molecule has 108 valence electrons. The van der Waals surface area contributed by atoms with Crippen LogP contribution in [0.3, 0.4) is 0 Å². The fourth-order valence-electron chi connectivity index (χ4n) is 3.40. The van der Waals surface area contributed by atoms with Crippen LogP contribution < -0.4 is 10.1 Å². The average Bonchev–Trinajstić information content (AvgIpc) is 3.03. The van der Waals surface area contributed by atoms with Gasteiger partial charge in [0.2, 0.25) is 0 Å². The molecular formula is C16H20ClNO2. The van der Waals surface area contributed by atoms with Crippen molar-refractivity contribution in [3.05, 3.63) is 28.8 Å². The Hall–Kier alpha value is -0.770. The van der Waals surface area contributed by atoms with Gasteiger partial charge in [-0.05, 0) is 48.9 Å². The Balaban J connectivity index is 1.33. The lowest BCUT2D eigenvalue weighted by molar-refractivity contribution is 0.0789. The first-order chi connectivity index (χ1) is 9.79. The molecule has 0 bridgehead atoms. The molecular weight excluding hydrogens is 274 g/mol. The number of halogens is 1. The summed E-state index contributed by atoms with van der Waals surface area (Å²) in [7, 11) is 0. The lowest BCUT2D eigenvalue weighted by Crippen LogP contribution is -2.42. The van der Waals surface area contributed by atoms with Gasteiger partial charge in [-0.25, -0.2) is 0 Å². The fourth-order valence-corrected chi connectivity index (χ4v) is 3.60. The predicted octanol–water partition coefficient (Wildman–Crippen LogP) is 2.80. The van der Waals surface area contributed by atoms with Gasteiger partial charge in [-0.1, -0.05) is 11.6 Å². The number of ether oxygens (including phenoxy) is 2. The van der Waals surface area contributed by atoms with E-state index in [1.54, 1.807) is 0 Å². The summed E-state index contributed by atoms with van der Waals surface area (Å²) < 4.78 is 11.8. The highest BCUT2D eigenvalue weighted by atomic mass is 35.5. The van der Waals surface area contributed by atoms with E-state index in [1.807, 2.05) is 18.2 Å². The van der Waals surface area contributed by atoms with Gasteiger partial charge in [0.1, 0.15) is 11.9 Å². The summed E-state index contributed by atoms with van der Waals surface area (Å²) >= 11 is 6.02. The summed E-state index contributed by atoms with van der Waals surface area (Å²) in [5.41, 5.74) is 1.23. The van der Waals surface area contributed by atoms with Crippen molar-refractivity contribution in [1.82, 2.24) is 5.32 Å². The highest BCUT2D eigenvalue weighted by molar-refractivity contribution is 6.30. The van der Waals surface area contributed by atoms with E-state index in [9.17, 15) is 0 Å². The second-order valence-electron chi connectivity index (χ2n) is 6.17. The summed E-state index contributed by atoms with van der Waals surface area (Å²) in [6, 6.07) is 6.40. The van der Waals surface area contributed by atoms with Gasteiger partial charge in [0, 0.05) is 30.6 Å². The van der Waals surface area contributed by atoms with E-state index in [0.29, 0.717) is 12.1 Å². The van der Waals surface area contributed by atoms with Crippen LogP contribution in [0.5, 0.6) is 5.75 Å². The Bertz CT molecular complexity index is 503. The molecule has 1 aromatic carbocycles. The minimum atomic E-state index is 0.226. The number of rotatable bonds is 4. The van der Waals surface area contributed by atoms with E-state index in [4.69, 9.17) is 21.1 Å². The molecule has 4 rings (SSSR count). The molecule has 20 heavy (non-hydrogen) atoms. The van der Waals surface area contributed by atoms with Gasteiger partial charge in [0.05, 0.1) is 6.10 Å². The maximum absolute atomic E-state index is 6.02. The largest absolute Gasteiger partial charge is 0.488 e. The van der Waals surface area contributed by atoms with E-state index in [0.717, 1.165) is 42.7 Å². The van der Waals surface area contributed by atoms with Crippen molar-refractivity contribution >= 4 is 11.6 Å². The van der Waals surface area contributed by atoms with Crippen LogP contribution in [0.15, 0.2) is 18.2 Å². The second kappa shape index (κ2) is 5.21. The topological polar surface area (TPSA) is 30.5 Å². The highest BCUT2D eigenvalue weighted by Crippen LogP contribution is 2.39. The van der Waals surface area contributed by atoms with Crippen molar-refractivity contribution in [2.75, 3.05) is 13.2 Å². The first-order valence-electron chi connectivity index (χ1n) is 7.59. The van der Waals surface area contributed by atoms with Crippen molar-refractivity contribution in [3.63, 3.8) is 0 Å². The molecule has 3 nitrogen and oxygen atoms in total. The van der Waals surface area contributed by atoms with Crippen LogP contribution in [0.4, 0.5) is 0 Å². The first-order valence-corrected chi connectivity index (χ1v) is 7.97. The third kappa shape index (κ3) is 2.54. The van der Waals surface area contributed by atoms with E-state index in [2.05, 4.69) is 5.32 Å². The Labute approximate surface area is 124 Å². The summed E-state index contributed by atoms with van der Waals surface area (Å²) in [6.07, 6.45) is 5.42. The van der Waals surface area contributed by atoms with Gasteiger partial charge in [-0.3, -0.25) is 0 Å². The standard InChI is InChI=1S/C16H20ClNO2/c17-12-3-4-15-11(7-12)8-13(20-15)9-18-14-5-6-19-16(14)10-1-2-10/h3-4,7,10,13-14,16,18H,1-2,5-6,8-9H2. The molecule has 3 unspecified atom stereocenters. The molecule has 0 amide bonds. The molecule has 3 atom stereocenters. The van der Waals surface area contributed by atoms with Crippen molar-refractivity contribution < 1.29 is 9.47 Å². The third-order valence-electron chi connectivity index (χ3n) is 4.59. The number of hydrogen-bond acceptors (Lipinski definition) is 3. The van der Waals surface area contributed by atoms with Crippen LogP contribution in [-0.2, 0) is 11.2 Å². The second-order valence-corrected chi connectivity index (χ2v) is 6.61. The Morgan fingerprint density at radius 3 is 3.00 bits per heavy atom. The molecule has 1 aromatic rings. The molecule has 0 spiro atoms. The highest BCUT2D eigenvalue weighted by Gasteiger charge is 2.40. The number of fused-ring (bicyclic) bond motifs is 1. The lowest BCUT2D eigenvalue weighted by atomic mass is 10.1. The van der Waals surface area contributed by atoms with Gasteiger partial charge in [0.15, 0.2) is 0 Å². The van der Waals surface area contributed by atoms with Crippen LogP contribution in [0.2, 0.25) is 5.02 Å². The number of hydrogen-bond donors (Lipinski definition) is 1. The molecule has 3 aliphatic rings. The summed E-state index contributed by atoms with van der Waals surface area (Å²) in [6.45, 7) is 1.80. The van der Waals surface area contributed by atoms with Crippen LogP contribution >= 0.6 is 11.6 Å². The quantitative estimate of drug-likeness (QED) is 0.926. The van der Waals surface area contributed by atoms with Crippen LogP contribution in [0.25, 0.3) is 0 Å². The van der Waals surface area contributed by atoms with E-state index in [1.165, 1.54) is 18.4 Å². The van der Waals surface area contributed by atoms with Gasteiger partial charge in [0.25, 0.3) is 0 Å². The van der Waals surface area contributed by atoms with Gasteiger partial charge < -0.3 is 14.8 Å². The number of nitrogens with one attached hydrogen (secondary N) is 1. The summed E-state index contributed by atoms with van der Waals surface area (Å²) in [5, 5.41) is 4.45. The Morgan fingerprint density at radius 2 is 2.15 bits per heavy atom. The molecule has 2 heterocycles. The first kappa shape index (κ1) is 12.9. The van der Waals surface area contributed by atoms with E-state index in [-0.39, 0.29) is 6.10 Å². The number of benzene rings is 1. The summed E-state index contributed by atoms with van der Waals surface area (Å²) in [4.78, 5) is 0. The summed E-state index contributed by atoms with van der Waals surface area (Å²) in [5.74, 6) is 1.79. The van der Waals surface area contributed by atoms with Gasteiger partial charge in [-0.2, -0.15) is 0 Å². The van der Waals surface area contributed by atoms with Crippen LogP contribution in [0, 0.1) is 5.92 Å². The zero-order valence-corrected chi connectivity index (χ0v) is 12.2. The van der Waals surface area contributed by atoms with Crippen molar-refractivity contribution in [2.24, 2.45) is 5.92 Å². The Kier molecular flexibility index (Phi) is 3.37. The minimum absolute atomic E-state index is 0.226. The maximum atomic E-state index is 6.02. The SMILES string of the molecule is Clc1ccc2c(c1)CC(CNC1CCOC1C1CC1)O2. The predicted molar refractivity (Wildman–Crippen MR) is 78.4 cm³/mol. The molecule has 2 aliphatic heterocycles. The molecule has 2 fully saturated rings. The molecule has 1 aliphatic carbocycles. The molecule has 1 saturated heterocycles. The normalized spacial score (nSPS) is 32.1. The van der Waals surface area contributed by atoms with E-state index < -0.39 is 0 Å². The molecule has 1 saturated carbocycles. The van der Waals surface area contributed by atoms with Crippen molar-refractivity contribution in [3.8, 4) is 5.75 Å². The fraction of sp³-hybridized carbons (Fsp3) is 0.625.